The van der Waals surface area contributed by atoms with Gasteiger partial charge in [-0.25, -0.2) is 0 Å². The van der Waals surface area contributed by atoms with Crippen LogP contribution in [0.4, 0.5) is 0 Å². The molecule has 0 aliphatic rings. The molecule has 1 atom stereocenters. The van der Waals surface area contributed by atoms with Crippen molar-refractivity contribution in [1.82, 2.24) is 4.57 Å². The number of nitrogens with zero attached hydrogens (tertiary/aromatic N) is 1. The summed E-state index contributed by atoms with van der Waals surface area (Å²) in [6.45, 7) is 6.20. The molecule has 0 aliphatic carbocycles. The normalized spacial score (nSPS) is 13.9. The fourth-order valence-electron chi connectivity index (χ4n) is 1.31. The Morgan fingerprint density at radius 1 is 1.46 bits per heavy atom. The van der Waals surface area contributed by atoms with Crippen LogP contribution < -0.4 is 5.73 Å². The lowest BCUT2D eigenvalue weighted by Crippen LogP contribution is -2.09. The molecule has 0 amide bonds. The van der Waals surface area contributed by atoms with Crippen LogP contribution in [-0.2, 0) is 7.05 Å². The second-order valence-electron chi connectivity index (χ2n) is 3.60. The topological polar surface area (TPSA) is 30.9 Å². The number of nitrogens with two attached hydrogens (primary N) is 1. The largest absolute Gasteiger partial charge is 0.352 e. The van der Waals surface area contributed by atoms with Crippen LogP contribution in [0.25, 0.3) is 6.08 Å². The Morgan fingerprint density at radius 2 is 2.08 bits per heavy atom. The number of hydrogen-bond donors (Lipinski definition) is 1. The predicted octanol–water partition coefficient (Wildman–Crippen LogP) is 2.00. The summed E-state index contributed by atoms with van der Waals surface area (Å²) in [4.78, 5) is 0. The van der Waals surface area contributed by atoms with Crippen molar-refractivity contribution in [2.45, 2.75) is 26.8 Å². The molecule has 0 aliphatic heterocycles. The minimum absolute atomic E-state index is 0.125. The fraction of sp³-hybridized carbons (Fsp3) is 0.455. The molecule has 2 heteroatoms. The Bertz CT molecular complexity index is 319. The van der Waals surface area contributed by atoms with Crippen molar-refractivity contribution < 1.29 is 0 Å². The second-order valence-corrected chi connectivity index (χ2v) is 3.60. The number of aromatic nitrogens is 1. The average Bonchev–Trinajstić information content (AvgIpc) is 2.29. The van der Waals surface area contributed by atoms with Gasteiger partial charge in [0.2, 0.25) is 0 Å². The molecule has 0 aromatic carbocycles. The van der Waals surface area contributed by atoms with Crippen molar-refractivity contribution in [3.05, 3.63) is 29.1 Å². The maximum absolute atomic E-state index is 5.64. The second kappa shape index (κ2) is 3.79. The molecule has 0 saturated carbocycles. The Balaban J connectivity index is 2.96. The molecule has 0 bridgehead atoms. The molecule has 1 unspecified atom stereocenters. The molecule has 1 heterocycles. The van der Waals surface area contributed by atoms with E-state index >= 15 is 0 Å². The van der Waals surface area contributed by atoms with Gasteiger partial charge in [0.15, 0.2) is 0 Å². The summed E-state index contributed by atoms with van der Waals surface area (Å²) in [5.41, 5.74) is 9.47. The van der Waals surface area contributed by atoms with Gasteiger partial charge >= 0.3 is 0 Å². The Morgan fingerprint density at radius 3 is 2.46 bits per heavy atom. The molecule has 1 rings (SSSR count). The van der Waals surface area contributed by atoms with E-state index < -0.39 is 0 Å². The van der Waals surface area contributed by atoms with Crippen LogP contribution in [0.15, 0.2) is 12.1 Å². The zero-order valence-electron chi connectivity index (χ0n) is 8.83. The Kier molecular flexibility index (Phi) is 2.94. The maximum Gasteiger partial charge on any atom is 0.0215 e. The van der Waals surface area contributed by atoms with Crippen molar-refractivity contribution in [2.75, 3.05) is 0 Å². The summed E-state index contributed by atoms with van der Waals surface area (Å²) in [6.07, 6.45) is 4.11. The van der Waals surface area contributed by atoms with E-state index in [1.165, 1.54) is 17.0 Å². The first kappa shape index (κ1) is 10.1. The smallest absolute Gasteiger partial charge is 0.0215 e. The molecule has 2 nitrogen and oxygen atoms in total. The van der Waals surface area contributed by atoms with Gasteiger partial charge in [0.25, 0.3) is 0 Å². The molecule has 1 aromatic rings. The lowest BCUT2D eigenvalue weighted by atomic mass is 10.2. The fourth-order valence-corrected chi connectivity index (χ4v) is 1.31. The molecular formula is C11H18N2. The van der Waals surface area contributed by atoms with Crippen molar-refractivity contribution in [2.24, 2.45) is 12.8 Å². The molecule has 0 spiro atoms. The summed E-state index contributed by atoms with van der Waals surface area (Å²) in [5, 5.41) is 0. The average molecular weight is 178 g/mol. The van der Waals surface area contributed by atoms with E-state index in [9.17, 15) is 0 Å². The molecule has 0 fully saturated rings. The Hall–Kier alpha value is -1.02. The van der Waals surface area contributed by atoms with Gasteiger partial charge in [0.05, 0.1) is 0 Å². The lowest BCUT2D eigenvalue weighted by Gasteiger charge is -1.99. The van der Waals surface area contributed by atoms with Crippen LogP contribution in [-0.4, -0.2) is 10.6 Å². The summed E-state index contributed by atoms with van der Waals surface area (Å²) >= 11 is 0. The highest BCUT2D eigenvalue weighted by Crippen LogP contribution is 2.14. The van der Waals surface area contributed by atoms with Crippen molar-refractivity contribution in [3.63, 3.8) is 0 Å². The highest BCUT2D eigenvalue weighted by Gasteiger charge is 2.02. The van der Waals surface area contributed by atoms with E-state index in [-0.39, 0.29) is 6.04 Å². The van der Waals surface area contributed by atoms with E-state index in [0.29, 0.717) is 0 Å². The molecule has 72 valence electrons. The molecular weight excluding hydrogens is 160 g/mol. The van der Waals surface area contributed by atoms with E-state index in [1.54, 1.807) is 0 Å². The van der Waals surface area contributed by atoms with Crippen molar-refractivity contribution in [1.29, 1.82) is 0 Å². The first-order valence-electron chi connectivity index (χ1n) is 4.59. The van der Waals surface area contributed by atoms with Gasteiger partial charge in [0, 0.05) is 24.5 Å². The SMILES string of the molecule is Cc1cc(/C=C/C(C)N)c(C)n1C. The van der Waals surface area contributed by atoms with E-state index in [1.807, 2.05) is 13.0 Å². The van der Waals surface area contributed by atoms with Crippen LogP contribution in [0, 0.1) is 13.8 Å². The number of aryl methyl sites for hydroxylation is 1. The third-order valence-corrected chi connectivity index (χ3v) is 2.39. The zero-order chi connectivity index (χ0) is 10.0. The third-order valence-electron chi connectivity index (χ3n) is 2.39. The van der Waals surface area contributed by atoms with Gasteiger partial charge in [-0.3, -0.25) is 0 Å². The van der Waals surface area contributed by atoms with Crippen LogP contribution in [0.3, 0.4) is 0 Å². The summed E-state index contributed by atoms with van der Waals surface area (Å²) < 4.78 is 2.18. The quantitative estimate of drug-likeness (QED) is 0.737. The monoisotopic (exact) mass is 178 g/mol. The minimum Gasteiger partial charge on any atom is -0.352 e. The van der Waals surface area contributed by atoms with Crippen LogP contribution in [0.1, 0.15) is 23.9 Å². The lowest BCUT2D eigenvalue weighted by molar-refractivity contribution is 0.843. The van der Waals surface area contributed by atoms with E-state index in [0.717, 1.165) is 0 Å². The zero-order valence-corrected chi connectivity index (χ0v) is 8.83. The van der Waals surface area contributed by atoms with Gasteiger partial charge < -0.3 is 10.3 Å². The summed E-state index contributed by atoms with van der Waals surface area (Å²) in [7, 11) is 2.08. The van der Waals surface area contributed by atoms with E-state index in [4.69, 9.17) is 5.73 Å². The molecule has 0 radical (unpaired) electrons. The van der Waals surface area contributed by atoms with Crippen LogP contribution >= 0.6 is 0 Å². The first-order chi connectivity index (χ1) is 6.02. The highest BCUT2D eigenvalue weighted by molar-refractivity contribution is 5.54. The van der Waals surface area contributed by atoms with Crippen molar-refractivity contribution >= 4 is 6.08 Å². The molecule has 2 N–H and O–H groups in total. The van der Waals surface area contributed by atoms with Gasteiger partial charge in [0.1, 0.15) is 0 Å². The number of hydrogen-bond acceptors (Lipinski definition) is 1. The predicted molar refractivity (Wildman–Crippen MR) is 57.6 cm³/mol. The Labute approximate surface area is 80.1 Å². The van der Waals surface area contributed by atoms with Gasteiger partial charge in [-0.05, 0) is 32.4 Å². The first-order valence-corrected chi connectivity index (χ1v) is 4.59. The summed E-state index contributed by atoms with van der Waals surface area (Å²) in [5.74, 6) is 0. The molecule has 0 saturated heterocycles. The van der Waals surface area contributed by atoms with Gasteiger partial charge in [-0.15, -0.1) is 0 Å². The van der Waals surface area contributed by atoms with Crippen molar-refractivity contribution in [3.8, 4) is 0 Å². The molecule has 13 heavy (non-hydrogen) atoms. The molecule has 1 aromatic heterocycles. The van der Waals surface area contributed by atoms with Gasteiger partial charge in [-0.2, -0.15) is 0 Å². The highest BCUT2D eigenvalue weighted by atomic mass is 14.9. The standard InChI is InChI=1S/C11H18N2/c1-8(12)5-6-11-7-9(2)13(4)10(11)3/h5-8H,12H2,1-4H3/b6-5+. The van der Waals surface area contributed by atoms with Crippen LogP contribution in [0.2, 0.25) is 0 Å². The summed E-state index contributed by atoms with van der Waals surface area (Å²) in [6, 6.07) is 2.30. The third kappa shape index (κ3) is 2.22. The minimum atomic E-state index is 0.125. The maximum atomic E-state index is 5.64. The van der Waals surface area contributed by atoms with Gasteiger partial charge in [-0.1, -0.05) is 12.2 Å². The number of rotatable bonds is 2. The van der Waals surface area contributed by atoms with Crippen LogP contribution in [0.5, 0.6) is 0 Å². The van der Waals surface area contributed by atoms with E-state index in [2.05, 4.69) is 37.6 Å².